The fourth-order valence-electron chi connectivity index (χ4n) is 4.66. The van der Waals surface area contributed by atoms with Crippen LogP contribution in [0.15, 0.2) is 48.5 Å². The van der Waals surface area contributed by atoms with Crippen LogP contribution in [0.2, 0.25) is 0 Å². The van der Waals surface area contributed by atoms with E-state index in [4.69, 9.17) is 15.2 Å². The normalized spacial score (nSPS) is 14.8. The van der Waals surface area contributed by atoms with Crippen molar-refractivity contribution < 1.29 is 23.5 Å². The van der Waals surface area contributed by atoms with Crippen LogP contribution in [0.25, 0.3) is 16.9 Å². The van der Waals surface area contributed by atoms with Gasteiger partial charge >= 0.3 is 0 Å². The van der Waals surface area contributed by atoms with Gasteiger partial charge in [0.25, 0.3) is 5.91 Å². The minimum absolute atomic E-state index is 0.00170. The molecule has 1 fully saturated rings. The summed E-state index contributed by atoms with van der Waals surface area (Å²) >= 11 is 0. The van der Waals surface area contributed by atoms with E-state index >= 15 is 0 Å². The molecule has 35 heavy (non-hydrogen) atoms. The van der Waals surface area contributed by atoms with Crippen LogP contribution in [-0.2, 0) is 4.79 Å². The Bertz CT molecular complexity index is 1180. The molecule has 1 aliphatic carbocycles. The quantitative estimate of drug-likeness (QED) is 0.509. The molecule has 3 aromatic rings. The summed E-state index contributed by atoms with van der Waals surface area (Å²) in [5, 5.41) is 7.31. The van der Waals surface area contributed by atoms with Crippen LogP contribution in [0.3, 0.4) is 0 Å². The Hall–Kier alpha value is -3.88. The fraction of sp³-hybridized carbons (Fsp3) is 0.346. The molecule has 1 aliphatic rings. The highest BCUT2D eigenvalue weighted by Crippen LogP contribution is 2.39. The standard InChI is InChI=1S/C26H29FN4O4/c1-34-21-9-6-10-22(35-2)23(21)20-15-19(30-31(20)18-13-11-17(27)12-14-18)26(33)29-24(25(28)32)16-7-4-3-5-8-16/h6,9-16,24H,3-5,7-8H2,1-2H3,(H2,28,32)(H,29,33). The first-order chi connectivity index (χ1) is 16.9. The molecule has 1 atom stereocenters. The van der Waals surface area contributed by atoms with Crippen LogP contribution >= 0.6 is 0 Å². The monoisotopic (exact) mass is 480 g/mol. The second-order valence-corrected chi connectivity index (χ2v) is 8.59. The van der Waals surface area contributed by atoms with Crippen molar-refractivity contribution in [1.82, 2.24) is 15.1 Å². The van der Waals surface area contributed by atoms with Crippen molar-refractivity contribution in [3.8, 4) is 28.4 Å². The number of aromatic nitrogens is 2. The molecule has 0 aliphatic heterocycles. The molecule has 3 N–H and O–H groups in total. The number of halogens is 1. The maximum absolute atomic E-state index is 13.6. The van der Waals surface area contributed by atoms with Gasteiger partial charge in [-0.05, 0) is 61.2 Å². The number of primary amides is 1. The number of carbonyl (C=O) groups excluding carboxylic acids is 2. The van der Waals surface area contributed by atoms with Crippen molar-refractivity contribution in [2.45, 2.75) is 38.1 Å². The van der Waals surface area contributed by atoms with Gasteiger partial charge in [-0.25, -0.2) is 9.07 Å². The highest BCUT2D eigenvalue weighted by atomic mass is 19.1. The number of carbonyl (C=O) groups is 2. The van der Waals surface area contributed by atoms with E-state index in [2.05, 4.69) is 10.4 Å². The van der Waals surface area contributed by atoms with Gasteiger partial charge in [0.15, 0.2) is 5.69 Å². The summed E-state index contributed by atoms with van der Waals surface area (Å²) in [4.78, 5) is 25.5. The third-order valence-electron chi connectivity index (χ3n) is 6.41. The molecule has 4 rings (SSSR count). The topological polar surface area (TPSA) is 108 Å². The lowest BCUT2D eigenvalue weighted by Crippen LogP contribution is -2.49. The van der Waals surface area contributed by atoms with E-state index in [0.717, 1.165) is 32.1 Å². The van der Waals surface area contributed by atoms with E-state index in [1.54, 1.807) is 36.4 Å². The maximum atomic E-state index is 13.6. The molecule has 1 unspecified atom stereocenters. The van der Waals surface area contributed by atoms with Gasteiger partial charge < -0.3 is 20.5 Å². The van der Waals surface area contributed by atoms with E-state index in [-0.39, 0.29) is 11.6 Å². The molecule has 0 spiro atoms. The van der Waals surface area contributed by atoms with E-state index < -0.39 is 23.7 Å². The molecule has 0 bridgehead atoms. The van der Waals surface area contributed by atoms with Crippen LogP contribution in [0, 0.1) is 11.7 Å². The average Bonchev–Trinajstić information content (AvgIpc) is 3.32. The number of nitrogens with one attached hydrogen (secondary N) is 1. The van der Waals surface area contributed by atoms with E-state index in [9.17, 15) is 14.0 Å². The molecule has 0 saturated heterocycles. The molecule has 2 amide bonds. The van der Waals surface area contributed by atoms with E-state index in [0.29, 0.717) is 28.4 Å². The molecule has 1 saturated carbocycles. The van der Waals surface area contributed by atoms with Gasteiger partial charge in [0, 0.05) is 0 Å². The second-order valence-electron chi connectivity index (χ2n) is 8.59. The highest BCUT2D eigenvalue weighted by molar-refractivity contribution is 5.97. The first-order valence-corrected chi connectivity index (χ1v) is 11.6. The van der Waals surface area contributed by atoms with Crippen LogP contribution in [0.4, 0.5) is 4.39 Å². The predicted molar refractivity (Wildman–Crippen MR) is 129 cm³/mol. The number of nitrogens with zero attached hydrogens (tertiary/aromatic N) is 2. The molecule has 0 radical (unpaired) electrons. The van der Waals surface area contributed by atoms with Crippen molar-refractivity contribution >= 4 is 11.8 Å². The van der Waals surface area contributed by atoms with E-state index in [1.807, 2.05) is 0 Å². The number of ether oxygens (including phenoxy) is 2. The molecule has 1 heterocycles. The minimum Gasteiger partial charge on any atom is -0.496 e. The number of methoxy groups -OCH3 is 2. The summed E-state index contributed by atoms with van der Waals surface area (Å²) in [6, 6.07) is 11.9. The molecule has 184 valence electrons. The van der Waals surface area contributed by atoms with Crippen LogP contribution in [0.1, 0.15) is 42.6 Å². The maximum Gasteiger partial charge on any atom is 0.272 e. The lowest BCUT2D eigenvalue weighted by Gasteiger charge is -2.28. The minimum atomic E-state index is -0.775. The molecule has 2 aromatic carbocycles. The third kappa shape index (κ3) is 5.13. The van der Waals surface area contributed by atoms with Gasteiger partial charge in [-0.3, -0.25) is 9.59 Å². The van der Waals surface area contributed by atoms with Crippen LogP contribution < -0.4 is 20.5 Å². The Morgan fingerprint density at radius 3 is 2.26 bits per heavy atom. The number of hydrogen-bond donors (Lipinski definition) is 2. The van der Waals surface area contributed by atoms with Crippen molar-refractivity contribution in [1.29, 1.82) is 0 Å². The van der Waals surface area contributed by atoms with Gasteiger partial charge in [0.05, 0.1) is 31.2 Å². The lowest BCUT2D eigenvalue weighted by atomic mass is 9.83. The first-order valence-electron chi connectivity index (χ1n) is 11.6. The molecule has 8 nitrogen and oxygen atoms in total. The smallest absolute Gasteiger partial charge is 0.272 e. The zero-order valence-corrected chi connectivity index (χ0v) is 19.8. The zero-order chi connectivity index (χ0) is 24.9. The molecular weight excluding hydrogens is 451 g/mol. The Morgan fingerprint density at radius 1 is 1.06 bits per heavy atom. The average molecular weight is 481 g/mol. The second kappa shape index (κ2) is 10.6. The van der Waals surface area contributed by atoms with Gasteiger partial charge in [0.2, 0.25) is 5.91 Å². The number of hydrogen-bond acceptors (Lipinski definition) is 5. The molecule has 9 heteroatoms. The van der Waals surface area contributed by atoms with Crippen molar-refractivity contribution in [2.24, 2.45) is 11.7 Å². The van der Waals surface area contributed by atoms with Gasteiger partial charge in [-0.2, -0.15) is 5.10 Å². The number of rotatable bonds is 8. The zero-order valence-electron chi connectivity index (χ0n) is 19.8. The largest absolute Gasteiger partial charge is 0.496 e. The van der Waals surface area contributed by atoms with Gasteiger partial charge in [-0.15, -0.1) is 0 Å². The number of benzene rings is 2. The summed E-state index contributed by atoms with van der Waals surface area (Å²) in [5.74, 6) is -0.455. The summed E-state index contributed by atoms with van der Waals surface area (Å²) in [7, 11) is 3.07. The number of nitrogens with two attached hydrogens (primary N) is 1. The fourth-order valence-corrected chi connectivity index (χ4v) is 4.66. The van der Waals surface area contributed by atoms with Gasteiger partial charge in [0.1, 0.15) is 23.4 Å². The summed E-state index contributed by atoms with van der Waals surface area (Å²) < 4.78 is 26.2. The Labute approximate surface area is 203 Å². The van der Waals surface area contributed by atoms with Crippen LogP contribution in [0.5, 0.6) is 11.5 Å². The van der Waals surface area contributed by atoms with Gasteiger partial charge in [-0.1, -0.05) is 25.3 Å². The summed E-state index contributed by atoms with van der Waals surface area (Å²) in [6.45, 7) is 0. The summed E-state index contributed by atoms with van der Waals surface area (Å²) in [5.41, 5.74) is 7.35. The predicted octanol–water partition coefficient (Wildman–Crippen LogP) is 3.86. The van der Waals surface area contributed by atoms with Crippen molar-refractivity contribution in [3.63, 3.8) is 0 Å². The molecular formula is C26H29FN4O4. The highest BCUT2D eigenvalue weighted by Gasteiger charge is 2.31. The first kappa shape index (κ1) is 24.3. The Kier molecular flexibility index (Phi) is 7.33. The SMILES string of the molecule is COc1cccc(OC)c1-c1cc(C(=O)NC(C(N)=O)C2CCCCC2)nn1-c1ccc(F)cc1. The molecule has 1 aromatic heterocycles. The van der Waals surface area contributed by atoms with E-state index in [1.165, 1.54) is 31.0 Å². The summed E-state index contributed by atoms with van der Waals surface area (Å²) in [6.07, 6.45) is 4.79. The number of amides is 2. The third-order valence-corrected chi connectivity index (χ3v) is 6.41. The van der Waals surface area contributed by atoms with Crippen molar-refractivity contribution in [3.05, 3.63) is 60.0 Å². The Balaban J connectivity index is 1.78. The van der Waals surface area contributed by atoms with Crippen LogP contribution in [-0.4, -0.2) is 41.9 Å². The van der Waals surface area contributed by atoms with Crippen molar-refractivity contribution in [2.75, 3.05) is 14.2 Å². The lowest BCUT2D eigenvalue weighted by molar-refractivity contribution is -0.121. The Morgan fingerprint density at radius 2 is 1.69 bits per heavy atom.